The van der Waals surface area contributed by atoms with E-state index in [-0.39, 0.29) is 0 Å². The molecule has 2 nitrogen and oxygen atoms in total. The van der Waals surface area contributed by atoms with Crippen LogP contribution in [0.3, 0.4) is 0 Å². The van der Waals surface area contributed by atoms with Crippen LogP contribution in [-0.2, 0) is 13.1 Å². The molecule has 2 unspecified atom stereocenters. The van der Waals surface area contributed by atoms with Gasteiger partial charge in [0.2, 0.25) is 0 Å². The van der Waals surface area contributed by atoms with Crippen LogP contribution in [0.4, 0.5) is 0 Å². The second-order valence-electron chi connectivity index (χ2n) is 6.68. The molecule has 2 heterocycles. The largest absolute Gasteiger partial charge is 0.315 e. The fourth-order valence-electron chi connectivity index (χ4n) is 4.31. The first-order valence-corrected chi connectivity index (χ1v) is 9.03. The Bertz CT molecular complexity index is 621. The fourth-order valence-corrected chi connectivity index (χ4v) is 5.54. The Balaban J connectivity index is 1.61. The summed E-state index contributed by atoms with van der Waals surface area (Å²) in [6.07, 6.45) is 4.40. The second-order valence-corrected chi connectivity index (χ2v) is 7.81. The van der Waals surface area contributed by atoms with Crippen molar-refractivity contribution in [3.05, 3.63) is 34.7 Å². The van der Waals surface area contributed by atoms with Gasteiger partial charge in [0.25, 0.3) is 0 Å². The number of hydrogen-bond acceptors (Lipinski definition) is 3. The van der Waals surface area contributed by atoms with Crippen molar-refractivity contribution in [3.63, 3.8) is 0 Å². The van der Waals surface area contributed by atoms with Gasteiger partial charge in [-0.3, -0.25) is 4.90 Å². The smallest absolute Gasteiger partial charge is 0.0349 e. The third kappa shape index (κ3) is 2.52. The van der Waals surface area contributed by atoms with E-state index in [4.69, 9.17) is 0 Å². The summed E-state index contributed by atoms with van der Waals surface area (Å²) >= 11 is 1.96. The highest BCUT2D eigenvalue weighted by Gasteiger charge is 2.36. The first kappa shape index (κ1) is 13.7. The number of hydrogen-bond donors (Lipinski definition) is 1. The van der Waals surface area contributed by atoms with Gasteiger partial charge in [-0.05, 0) is 48.7 Å². The molecule has 2 aliphatic rings. The van der Waals surface area contributed by atoms with Crippen LogP contribution < -0.4 is 5.32 Å². The highest BCUT2D eigenvalue weighted by molar-refractivity contribution is 7.19. The topological polar surface area (TPSA) is 15.3 Å². The molecular weight excluding hydrogens is 276 g/mol. The number of nitrogens with one attached hydrogen (secondary N) is 1. The molecule has 0 bridgehead atoms. The third-order valence-corrected chi connectivity index (χ3v) is 6.52. The van der Waals surface area contributed by atoms with Gasteiger partial charge in [-0.2, -0.15) is 0 Å². The lowest BCUT2D eigenvalue weighted by Crippen LogP contribution is -2.22. The Morgan fingerprint density at radius 1 is 1.19 bits per heavy atom. The standard InChI is InChI=1S/C18H24N2S/c1-19-9-18-16(15-7-2-3-8-17(15)21-18)12-20-10-13-5-4-6-14(13)11-20/h2-3,7-8,13-14,19H,4-6,9-12H2,1H3. The van der Waals surface area contributed by atoms with Gasteiger partial charge in [-0.15, -0.1) is 11.3 Å². The summed E-state index contributed by atoms with van der Waals surface area (Å²) in [5.41, 5.74) is 1.57. The summed E-state index contributed by atoms with van der Waals surface area (Å²) in [4.78, 5) is 4.23. The quantitative estimate of drug-likeness (QED) is 0.922. The van der Waals surface area contributed by atoms with E-state index in [1.165, 1.54) is 47.3 Å². The van der Waals surface area contributed by atoms with Crippen LogP contribution in [0.5, 0.6) is 0 Å². The van der Waals surface area contributed by atoms with Crippen molar-refractivity contribution in [1.29, 1.82) is 0 Å². The molecule has 0 amide bonds. The molecule has 21 heavy (non-hydrogen) atoms. The van der Waals surface area contributed by atoms with Gasteiger partial charge in [0.05, 0.1) is 0 Å². The molecule has 0 spiro atoms. The summed E-state index contributed by atoms with van der Waals surface area (Å²) in [7, 11) is 2.05. The molecule has 3 heteroatoms. The zero-order valence-electron chi connectivity index (χ0n) is 12.8. The van der Waals surface area contributed by atoms with Crippen LogP contribution in [0, 0.1) is 11.8 Å². The van der Waals surface area contributed by atoms with E-state index < -0.39 is 0 Å². The summed E-state index contributed by atoms with van der Waals surface area (Å²) in [5, 5.41) is 4.82. The van der Waals surface area contributed by atoms with E-state index >= 15 is 0 Å². The molecule has 4 rings (SSSR count). The highest BCUT2D eigenvalue weighted by Crippen LogP contribution is 2.39. The first-order valence-electron chi connectivity index (χ1n) is 8.21. The molecule has 1 saturated heterocycles. The molecule has 112 valence electrons. The van der Waals surface area contributed by atoms with Crippen molar-refractivity contribution in [3.8, 4) is 0 Å². The average molecular weight is 300 g/mol. The predicted octanol–water partition coefficient (Wildman–Crippen LogP) is 3.85. The van der Waals surface area contributed by atoms with E-state index in [0.29, 0.717) is 0 Å². The van der Waals surface area contributed by atoms with Gasteiger partial charge >= 0.3 is 0 Å². The minimum absolute atomic E-state index is 0.989. The van der Waals surface area contributed by atoms with Gasteiger partial charge in [0, 0.05) is 35.8 Å². The fraction of sp³-hybridized carbons (Fsp3) is 0.556. The highest BCUT2D eigenvalue weighted by atomic mass is 32.1. The number of benzene rings is 1. The Morgan fingerprint density at radius 3 is 2.71 bits per heavy atom. The van der Waals surface area contributed by atoms with Gasteiger partial charge in [0.1, 0.15) is 0 Å². The SMILES string of the molecule is CNCc1sc2ccccc2c1CN1CC2CCCC2C1. The lowest BCUT2D eigenvalue weighted by atomic mass is 10.0. The molecule has 2 fully saturated rings. The van der Waals surface area contributed by atoms with Crippen LogP contribution in [-0.4, -0.2) is 25.0 Å². The van der Waals surface area contributed by atoms with Crippen molar-refractivity contribution < 1.29 is 0 Å². The molecule has 1 aromatic heterocycles. The Morgan fingerprint density at radius 2 is 1.95 bits per heavy atom. The van der Waals surface area contributed by atoms with Crippen LogP contribution in [0.25, 0.3) is 10.1 Å². The Kier molecular flexibility index (Phi) is 3.74. The lowest BCUT2D eigenvalue weighted by Gasteiger charge is -2.17. The van der Waals surface area contributed by atoms with E-state index in [0.717, 1.165) is 24.9 Å². The zero-order chi connectivity index (χ0) is 14.2. The van der Waals surface area contributed by atoms with Crippen LogP contribution in [0.15, 0.2) is 24.3 Å². The van der Waals surface area contributed by atoms with Crippen LogP contribution in [0.2, 0.25) is 0 Å². The molecule has 2 atom stereocenters. The molecule has 0 radical (unpaired) electrons. The monoisotopic (exact) mass is 300 g/mol. The second kappa shape index (κ2) is 5.71. The minimum Gasteiger partial charge on any atom is -0.315 e. The number of thiophene rings is 1. The maximum atomic E-state index is 3.34. The number of nitrogens with zero attached hydrogens (tertiary/aromatic N) is 1. The molecule has 1 aliphatic heterocycles. The van der Waals surface area contributed by atoms with Crippen molar-refractivity contribution in [2.45, 2.75) is 32.4 Å². The predicted molar refractivity (Wildman–Crippen MR) is 90.7 cm³/mol. The first-order chi connectivity index (χ1) is 10.3. The molecule has 2 aromatic rings. The van der Waals surface area contributed by atoms with Gasteiger partial charge < -0.3 is 5.32 Å². The molecule has 1 aromatic carbocycles. The molecule has 1 aliphatic carbocycles. The summed E-state index contributed by atoms with van der Waals surface area (Å²) in [6.45, 7) is 4.80. The number of rotatable bonds is 4. The summed E-state index contributed by atoms with van der Waals surface area (Å²) in [6, 6.07) is 8.91. The van der Waals surface area contributed by atoms with Gasteiger partial charge in [0.15, 0.2) is 0 Å². The maximum absolute atomic E-state index is 3.34. The zero-order valence-corrected chi connectivity index (χ0v) is 13.6. The number of likely N-dealkylation sites (tertiary alicyclic amines) is 1. The van der Waals surface area contributed by atoms with Gasteiger partial charge in [-0.1, -0.05) is 24.6 Å². The van der Waals surface area contributed by atoms with E-state index in [2.05, 4.69) is 41.5 Å². The van der Waals surface area contributed by atoms with Crippen molar-refractivity contribution >= 4 is 21.4 Å². The molecule has 1 saturated carbocycles. The van der Waals surface area contributed by atoms with Gasteiger partial charge in [-0.25, -0.2) is 0 Å². The number of fused-ring (bicyclic) bond motifs is 2. The van der Waals surface area contributed by atoms with Crippen molar-refractivity contribution in [2.24, 2.45) is 11.8 Å². The van der Waals surface area contributed by atoms with E-state index in [1.807, 2.05) is 11.3 Å². The Hall–Kier alpha value is -0.900. The summed E-state index contributed by atoms with van der Waals surface area (Å²) in [5.74, 6) is 1.98. The molecule has 1 N–H and O–H groups in total. The van der Waals surface area contributed by atoms with Crippen LogP contribution in [0.1, 0.15) is 29.7 Å². The molecular formula is C18H24N2S. The summed E-state index contributed by atoms with van der Waals surface area (Å²) < 4.78 is 1.44. The Labute approximate surface area is 131 Å². The lowest BCUT2D eigenvalue weighted by molar-refractivity contribution is 0.304. The maximum Gasteiger partial charge on any atom is 0.0349 e. The van der Waals surface area contributed by atoms with Crippen molar-refractivity contribution in [1.82, 2.24) is 10.2 Å². The van der Waals surface area contributed by atoms with Crippen molar-refractivity contribution in [2.75, 3.05) is 20.1 Å². The average Bonchev–Trinajstić information content (AvgIpc) is 3.14. The van der Waals surface area contributed by atoms with Crippen LogP contribution >= 0.6 is 11.3 Å². The normalized spacial score (nSPS) is 25.8. The third-order valence-electron chi connectivity index (χ3n) is 5.30. The minimum atomic E-state index is 0.989. The van der Waals surface area contributed by atoms with E-state index in [9.17, 15) is 0 Å². The van der Waals surface area contributed by atoms with E-state index in [1.54, 1.807) is 5.56 Å².